The molecule has 0 spiro atoms. The predicted molar refractivity (Wildman–Crippen MR) is 76.9 cm³/mol. The van der Waals surface area contributed by atoms with Gasteiger partial charge in [-0.25, -0.2) is 4.39 Å². The molecule has 2 N–H and O–H groups in total. The fourth-order valence-corrected chi connectivity index (χ4v) is 2.33. The van der Waals surface area contributed by atoms with Gasteiger partial charge < -0.3 is 19.9 Å². The molecule has 2 aromatic rings. The van der Waals surface area contributed by atoms with Crippen LogP contribution in [-0.4, -0.2) is 6.79 Å². The molecule has 0 unspecified atom stereocenters. The van der Waals surface area contributed by atoms with Crippen molar-refractivity contribution < 1.29 is 18.6 Å². The van der Waals surface area contributed by atoms with E-state index in [1.165, 1.54) is 18.2 Å². The summed E-state index contributed by atoms with van der Waals surface area (Å²) in [6, 6.07) is 7.81. The second kappa shape index (κ2) is 5.79. The number of hydrogen-bond donors (Lipinski definition) is 1. The maximum atomic E-state index is 13.1. The van der Waals surface area contributed by atoms with E-state index >= 15 is 0 Å². The third-order valence-corrected chi connectivity index (χ3v) is 3.38. The van der Waals surface area contributed by atoms with Crippen molar-refractivity contribution in [2.75, 3.05) is 12.5 Å². The summed E-state index contributed by atoms with van der Waals surface area (Å²) in [6.45, 7) is 0.900. The summed E-state index contributed by atoms with van der Waals surface area (Å²) in [5, 5.41) is 0.0201. The molecule has 6 heteroatoms. The zero-order valence-corrected chi connectivity index (χ0v) is 11.8. The van der Waals surface area contributed by atoms with Crippen LogP contribution in [0.1, 0.15) is 11.1 Å². The standard InChI is InChI=1S/C15H13ClFNO3/c16-13-5-12(1-2-14(13)17)20-7-10-4-11(18)3-9-6-19-8-21-15(9)10/h1-5H,6-8,18H2. The molecule has 2 aromatic carbocycles. The van der Waals surface area contributed by atoms with E-state index in [0.717, 1.165) is 16.9 Å². The maximum absolute atomic E-state index is 13.1. The van der Waals surface area contributed by atoms with Crippen LogP contribution in [0, 0.1) is 5.82 Å². The molecular formula is C15H13ClFNO3. The Labute approximate surface area is 126 Å². The number of rotatable bonds is 3. The highest BCUT2D eigenvalue weighted by atomic mass is 35.5. The van der Waals surface area contributed by atoms with Crippen molar-refractivity contribution in [2.45, 2.75) is 13.2 Å². The number of hydrogen-bond acceptors (Lipinski definition) is 4. The van der Waals surface area contributed by atoms with Crippen molar-refractivity contribution in [1.29, 1.82) is 0 Å². The molecule has 1 heterocycles. The lowest BCUT2D eigenvalue weighted by molar-refractivity contribution is -0.0175. The van der Waals surface area contributed by atoms with E-state index in [1.807, 2.05) is 6.07 Å². The van der Waals surface area contributed by atoms with Crippen LogP contribution in [0.2, 0.25) is 5.02 Å². The first-order chi connectivity index (χ1) is 10.1. The summed E-state index contributed by atoms with van der Waals surface area (Å²) >= 11 is 5.72. The number of nitrogens with two attached hydrogens (primary N) is 1. The van der Waals surface area contributed by atoms with Crippen LogP contribution < -0.4 is 15.2 Å². The summed E-state index contributed by atoms with van der Waals surface area (Å²) in [4.78, 5) is 0. The van der Waals surface area contributed by atoms with Gasteiger partial charge in [-0.3, -0.25) is 0 Å². The van der Waals surface area contributed by atoms with Gasteiger partial charge in [0.25, 0.3) is 0 Å². The van der Waals surface area contributed by atoms with Gasteiger partial charge >= 0.3 is 0 Å². The normalized spacial score (nSPS) is 13.4. The zero-order valence-electron chi connectivity index (χ0n) is 11.1. The Bertz CT molecular complexity index is 678. The van der Waals surface area contributed by atoms with E-state index in [9.17, 15) is 4.39 Å². The van der Waals surface area contributed by atoms with Gasteiger partial charge in [0.15, 0.2) is 6.79 Å². The Kier molecular flexibility index (Phi) is 3.86. The molecule has 0 saturated heterocycles. The average Bonchev–Trinajstić information content (AvgIpc) is 2.48. The van der Waals surface area contributed by atoms with Gasteiger partial charge in [0, 0.05) is 22.9 Å². The number of nitrogen functional groups attached to an aromatic ring is 1. The summed E-state index contributed by atoms with van der Waals surface area (Å²) in [5.41, 5.74) is 8.17. The minimum absolute atomic E-state index is 0.0201. The summed E-state index contributed by atoms with van der Waals surface area (Å²) in [7, 11) is 0. The Morgan fingerprint density at radius 3 is 2.95 bits per heavy atom. The highest BCUT2D eigenvalue weighted by Crippen LogP contribution is 2.32. The van der Waals surface area contributed by atoms with Gasteiger partial charge in [-0.2, -0.15) is 0 Å². The van der Waals surface area contributed by atoms with Gasteiger partial charge in [-0.15, -0.1) is 0 Å². The monoisotopic (exact) mass is 309 g/mol. The SMILES string of the molecule is Nc1cc2c(c(COc3ccc(F)c(Cl)c3)c1)OCOC2. The molecule has 1 aliphatic heterocycles. The highest BCUT2D eigenvalue weighted by molar-refractivity contribution is 6.30. The summed E-state index contributed by atoms with van der Waals surface area (Å²) in [6.07, 6.45) is 0. The maximum Gasteiger partial charge on any atom is 0.189 e. The lowest BCUT2D eigenvalue weighted by Crippen LogP contribution is -2.14. The smallest absolute Gasteiger partial charge is 0.189 e. The molecule has 0 bridgehead atoms. The Hall–Kier alpha value is -1.98. The first-order valence-electron chi connectivity index (χ1n) is 6.33. The molecule has 110 valence electrons. The lowest BCUT2D eigenvalue weighted by Gasteiger charge is -2.21. The highest BCUT2D eigenvalue weighted by Gasteiger charge is 2.16. The molecular weight excluding hydrogens is 297 g/mol. The quantitative estimate of drug-likeness (QED) is 0.882. The Morgan fingerprint density at radius 2 is 2.14 bits per heavy atom. The van der Waals surface area contributed by atoms with E-state index in [2.05, 4.69) is 0 Å². The van der Waals surface area contributed by atoms with Crippen molar-refractivity contribution in [3.8, 4) is 11.5 Å². The van der Waals surface area contributed by atoms with E-state index in [0.29, 0.717) is 18.0 Å². The van der Waals surface area contributed by atoms with Gasteiger partial charge in [-0.1, -0.05) is 11.6 Å². The van der Waals surface area contributed by atoms with E-state index < -0.39 is 5.82 Å². The van der Waals surface area contributed by atoms with E-state index in [1.54, 1.807) is 6.07 Å². The molecule has 3 rings (SSSR count). The van der Waals surface area contributed by atoms with Crippen molar-refractivity contribution >= 4 is 17.3 Å². The van der Waals surface area contributed by atoms with Crippen molar-refractivity contribution in [2.24, 2.45) is 0 Å². The molecule has 0 saturated carbocycles. The van der Waals surface area contributed by atoms with Gasteiger partial charge in [-0.05, 0) is 24.3 Å². The Balaban J connectivity index is 1.81. The fourth-order valence-electron chi connectivity index (χ4n) is 2.16. The number of anilines is 1. The second-order valence-electron chi connectivity index (χ2n) is 4.64. The fraction of sp³-hybridized carbons (Fsp3) is 0.200. The van der Waals surface area contributed by atoms with Crippen molar-refractivity contribution in [3.05, 3.63) is 52.3 Å². The number of ether oxygens (including phenoxy) is 3. The van der Waals surface area contributed by atoms with Crippen LogP contribution in [0.3, 0.4) is 0 Å². The largest absolute Gasteiger partial charge is 0.489 e. The molecule has 0 aromatic heterocycles. The molecule has 0 fully saturated rings. The third kappa shape index (κ3) is 3.04. The second-order valence-corrected chi connectivity index (χ2v) is 5.05. The first kappa shape index (κ1) is 14.0. The van der Waals surface area contributed by atoms with Crippen LogP contribution in [0.5, 0.6) is 11.5 Å². The minimum Gasteiger partial charge on any atom is -0.489 e. The van der Waals surface area contributed by atoms with Crippen molar-refractivity contribution in [3.63, 3.8) is 0 Å². The summed E-state index contributed by atoms with van der Waals surface area (Å²) in [5.74, 6) is 0.721. The van der Waals surface area contributed by atoms with E-state index in [-0.39, 0.29) is 18.4 Å². The van der Waals surface area contributed by atoms with Crippen LogP contribution in [0.15, 0.2) is 30.3 Å². The van der Waals surface area contributed by atoms with Crippen LogP contribution in [0.4, 0.5) is 10.1 Å². The lowest BCUT2D eigenvalue weighted by atomic mass is 10.1. The van der Waals surface area contributed by atoms with Crippen LogP contribution >= 0.6 is 11.6 Å². The molecule has 1 aliphatic rings. The van der Waals surface area contributed by atoms with Gasteiger partial charge in [0.2, 0.25) is 0 Å². The molecule has 0 radical (unpaired) electrons. The third-order valence-electron chi connectivity index (χ3n) is 3.09. The van der Waals surface area contributed by atoms with Crippen molar-refractivity contribution in [1.82, 2.24) is 0 Å². The number of halogens is 2. The van der Waals surface area contributed by atoms with Gasteiger partial charge in [0.05, 0.1) is 11.6 Å². The summed E-state index contributed by atoms with van der Waals surface area (Å²) < 4.78 is 29.4. The average molecular weight is 310 g/mol. The Morgan fingerprint density at radius 1 is 1.29 bits per heavy atom. The van der Waals surface area contributed by atoms with Crippen LogP contribution in [0.25, 0.3) is 0 Å². The number of fused-ring (bicyclic) bond motifs is 1. The first-order valence-corrected chi connectivity index (χ1v) is 6.71. The molecule has 4 nitrogen and oxygen atoms in total. The topological polar surface area (TPSA) is 53.7 Å². The molecule has 0 aliphatic carbocycles. The zero-order chi connectivity index (χ0) is 14.8. The predicted octanol–water partition coefficient (Wildman–Crippen LogP) is 3.51. The number of benzene rings is 2. The van der Waals surface area contributed by atoms with E-state index in [4.69, 9.17) is 31.5 Å². The molecule has 21 heavy (non-hydrogen) atoms. The van der Waals surface area contributed by atoms with Crippen LogP contribution in [-0.2, 0) is 18.0 Å². The molecule has 0 atom stereocenters. The molecule has 0 amide bonds. The van der Waals surface area contributed by atoms with Gasteiger partial charge in [0.1, 0.15) is 23.9 Å². The minimum atomic E-state index is -0.481.